The topological polar surface area (TPSA) is 24.9 Å². The normalized spacial score (nSPS) is 16.5. The van der Waals surface area contributed by atoms with Crippen molar-refractivity contribution in [2.45, 2.75) is 0 Å². The lowest BCUT2D eigenvalue weighted by Crippen LogP contribution is -2.46. The van der Waals surface area contributed by atoms with Crippen LogP contribution in [-0.2, 0) is 0 Å². The molecule has 5 heteroatoms. The van der Waals surface area contributed by atoms with Crippen LogP contribution < -0.4 is 14.4 Å². The zero-order chi connectivity index (χ0) is 13.7. The monoisotopic (exact) mass is 284 g/mol. The first kappa shape index (κ1) is 14.3. The van der Waals surface area contributed by atoms with Crippen molar-refractivity contribution >= 4 is 17.3 Å². The van der Waals surface area contributed by atoms with Gasteiger partial charge in [-0.15, -0.1) is 11.6 Å². The first-order chi connectivity index (χ1) is 9.28. The first-order valence-corrected chi connectivity index (χ1v) is 7.07. The number of alkyl halides is 1. The fourth-order valence-corrected chi connectivity index (χ4v) is 2.61. The molecule has 4 nitrogen and oxygen atoms in total. The summed E-state index contributed by atoms with van der Waals surface area (Å²) in [6.07, 6.45) is 0. The molecule has 0 amide bonds. The molecule has 0 spiro atoms. The summed E-state index contributed by atoms with van der Waals surface area (Å²) in [5, 5.41) is 0. The Morgan fingerprint density at radius 1 is 1.05 bits per heavy atom. The molecule has 0 aromatic heterocycles. The van der Waals surface area contributed by atoms with Crippen LogP contribution in [0.2, 0.25) is 0 Å². The van der Waals surface area contributed by atoms with Gasteiger partial charge in [-0.3, -0.25) is 4.90 Å². The Labute approximate surface area is 119 Å². The zero-order valence-corrected chi connectivity index (χ0v) is 12.3. The molecular formula is C14H21ClN2O2. The van der Waals surface area contributed by atoms with E-state index in [-0.39, 0.29) is 0 Å². The highest BCUT2D eigenvalue weighted by molar-refractivity contribution is 6.18. The average molecular weight is 285 g/mol. The second kappa shape index (κ2) is 6.87. The highest BCUT2D eigenvalue weighted by atomic mass is 35.5. The minimum absolute atomic E-state index is 0.705. The summed E-state index contributed by atoms with van der Waals surface area (Å²) in [6, 6.07) is 6.08. The second-order valence-corrected chi connectivity index (χ2v) is 4.93. The predicted molar refractivity (Wildman–Crippen MR) is 78.9 cm³/mol. The fourth-order valence-electron chi connectivity index (χ4n) is 2.37. The van der Waals surface area contributed by atoms with Gasteiger partial charge in [0.1, 0.15) is 0 Å². The van der Waals surface area contributed by atoms with Crippen molar-refractivity contribution in [3.05, 3.63) is 18.2 Å². The highest BCUT2D eigenvalue weighted by Gasteiger charge is 2.17. The van der Waals surface area contributed by atoms with E-state index in [0.717, 1.165) is 44.2 Å². The number of hydrogen-bond acceptors (Lipinski definition) is 4. The molecule has 2 rings (SSSR count). The Morgan fingerprint density at radius 2 is 1.74 bits per heavy atom. The number of anilines is 1. The molecule has 106 valence electrons. The number of ether oxygens (including phenoxy) is 2. The minimum atomic E-state index is 0.705. The van der Waals surface area contributed by atoms with E-state index in [2.05, 4.69) is 15.9 Å². The largest absolute Gasteiger partial charge is 0.493 e. The van der Waals surface area contributed by atoms with E-state index in [1.807, 2.05) is 12.1 Å². The molecule has 1 fully saturated rings. The summed E-state index contributed by atoms with van der Waals surface area (Å²) < 4.78 is 10.6. The van der Waals surface area contributed by atoms with Gasteiger partial charge in [0, 0.05) is 50.4 Å². The highest BCUT2D eigenvalue weighted by Crippen LogP contribution is 2.31. The van der Waals surface area contributed by atoms with Gasteiger partial charge in [0.2, 0.25) is 0 Å². The maximum Gasteiger partial charge on any atom is 0.162 e. The molecule has 0 atom stereocenters. The quantitative estimate of drug-likeness (QED) is 0.773. The van der Waals surface area contributed by atoms with Crippen molar-refractivity contribution in [3.8, 4) is 11.5 Å². The Morgan fingerprint density at radius 3 is 2.32 bits per heavy atom. The van der Waals surface area contributed by atoms with Crippen LogP contribution in [0.1, 0.15) is 0 Å². The SMILES string of the molecule is COc1ccc(N2CCN(CCCl)CC2)cc1OC. The second-order valence-electron chi connectivity index (χ2n) is 4.56. The third-order valence-corrected chi connectivity index (χ3v) is 3.67. The van der Waals surface area contributed by atoms with E-state index in [1.165, 1.54) is 5.69 Å². The van der Waals surface area contributed by atoms with E-state index in [9.17, 15) is 0 Å². The van der Waals surface area contributed by atoms with Crippen LogP contribution in [0.4, 0.5) is 5.69 Å². The zero-order valence-electron chi connectivity index (χ0n) is 11.6. The van der Waals surface area contributed by atoms with Crippen LogP contribution >= 0.6 is 11.6 Å². The lowest BCUT2D eigenvalue weighted by atomic mass is 10.2. The lowest BCUT2D eigenvalue weighted by molar-refractivity contribution is 0.272. The van der Waals surface area contributed by atoms with Crippen LogP contribution in [0.25, 0.3) is 0 Å². The molecule has 19 heavy (non-hydrogen) atoms. The Kier molecular flexibility index (Phi) is 5.16. The average Bonchev–Trinajstić information content (AvgIpc) is 2.47. The van der Waals surface area contributed by atoms with Crippen LogP contribution in [0.3, 0.4) is 0 Å². The molecule has 0 unspecified atom stereocenters. The van der Waals surface area contributed by atoms with E-state index < -0.39 is 0 Å². The number of halogens is 1. The van der Waals surface area contributed by atoms with Gasteiger partial charge in [-0.05, 0) is 12.1 Å². The smallest absolute Gasteiger partial charge is 0.162 e. The Bertz CT molecular complexity index is 406. The van der Waals surface area contributed by atoms with Crippen molar-refractivity contribution < 1.29 is 9.47 Å². The maximum atomic E-state index is 5.78. The van der Waals surface area contributed by atoms with E-state index in [4.69, 9.17) is 21.1 Å². The van der Waals surface area contributed by atoms with Crippen LogP contribution in [0, 0.1) is 0 Å². The number of benzene rings is 1. The van der Waals surface area contributed by atoms with Gasteiger partial charge < -0.3 is 14.4 Å². The van der Waals surface area contributed by atoms with Crippen molar-refractivity contribution in [3.63, 3.8) is 0 Å². The summed E-state index contributed by atoms with van der Waals surface area (Å²) in [6.45, 7) is 5.13. The summed E-state index contributed by atoms with van der Waals surface area (Å²) in [7, 11) is 3.32. The number of piperazine rings is 1. The lowest BCUT2D eigenvalue weighted by Gasteiger charge is -2.36. The van der Waals surface area contributed by atoms with Gasteiger partial charge in [-0.1, -0.05) is 0 Å². The minimum Gasteiger partial charge on any atom is -0.493 e. The molecule has 1 heterocycles. The van der Waals surface area contributed by atoms with Crippen LogP contribution in [0.15, 0.2) is 18.2 Å². The summed E-state index contributed by atoms with van der Waals surface area (Å²) in [4.78, 5) is 4.76. The van der Waals surface area contributed by atoms with E-state index in [1.54, 1.807) is 14.2 Å². The molecule has 0 bridgehead atoms. The predicted octanol–water partition coefficient (Wildman–Crippen LogP) is 2.06. The molecule has 0 saturated carbocycles. The van der Waals surface area contributed by atoms with Crippen molar-refractivity contribution in [2.24, 2.45) is 0 Å². The van der Waals surface area contributed by atoms with Gasteiger partial charge in [0.15, 0.2) is 11.5 Å². The van der Waals surface area contributed by atoms with Gasteiger partial charge in [-0.25, -0.2) is 0 Å². The van der Waals surface area contributed by atoms with Gasteiger partial charge >= 0.3 is 0 Å². The number of hydrogen-bond donors (Lipinski definition) is 0. The molecular weight excluding hydrogens is 264 g/mol. The molecule has 0 radical (unpaired) electrons. The third-order valence-electron chi connectivity index (χ3n) is 3.51. The number of methoxy groups -OCH3 is 2. The molecule has 0 N–H and O–H groups in total. The first-order valence-electron chi connectivity index (χ1n) is 6.53. The van der Waals surface area contributed by atoms with Crippen LogP contribution in [-0.4, -0.2) is 57.7 Å². The fraction of sp³-hybridized carbons (Fsp3) is 0.571. The number of rotatable bonds is 5. The van der Waals surface area contributed by atoms with Gasteiger partial charge in [0.05, 0.1) is 14.2 Å². The Hall–Kier alpha value is -1.13. The summed E-state index contributed by atoms with van der Waals surface area (Å²) in [5.41, 5.74) is 1.18. The van der Waals surface area contributed by atoms with Crippen LogP contribution in [0.5, 0.6) is 11.5 Å². The summed E-state index contributed by atoms with van der Waals surface area (Å²) in [5.74, 6) is 2.26. The third kappa shape index (κ3) is 3.45. The van der Waals surface area contributed by atoms with Crippen molar-refractivity contribution in [1.82, 2.24) is 4.90 Å². The van der Waals surface area contributed by atoms with Gasteiger partial charge in [0.25, 0.3) is 0 Å². The molecule has 1 aromatic carbocycles. The molecule has 1 aromatic rings. The van der Waals surface area contributed by atoms with Crippen molar-refractivity contribution in [1.29, 1.82) is 0 Å². The Balaban J connectivity index is 2.03. The van der Waals surface area contributed by atoms with E-state index >= 15 is 0 Å². The maximum absolute atomic E-state index is 5.78. The van der Waals surface area contributed by atoms with E-state index in [0.29, 0.717) is 5.88 Å². The number of nitrogens with zero attached hydrogens (tertiary/aromatic N) is 2. The van der Waals surface area contributed by atoms with Gasteiger partial charge in [-0.2, -0.15) is 0 Å². The standard InChI is InChI=1S/C14H21ClN2O2/c1-18-13-4-3-12(11-14(13)19-2)17-9-7-16(6-5-15)8-10-17/h3-4,11H,5-10H2,1-2H3. The summed E-state index contributed by atoms with van der Waals surface area (Å²) >= 11 is 5.78. The molecule has 1 aliphatic heterocycles. The molecule has 1 aliphatic rings. The molecule has 0 aliphatic carbocycles. The van der Waals surface area contributed by atoms with Crippen molar-refractivity contribution in [2.75, 3.05) is 57.7 Å². The molecule has 1 saturated heterocycles.